The van der Waals surface area contributed by atoms with Crippen molar-refractivity contribution < 1.29 is 29.0 Å². The maximum atomic E-state index is 12.8. The highest BCUT2D eigenvalue weighted by atomic mass is 16.5. The summed E-state index contributed by atoms with van der Waals surface area (Å²) in [7, 11) is 1.86. The Balaban J connectivity index is 1.28. The molecule has 2 aliphatic heterocycles. The minimum Gasteiger partial charge on any atom is -0.488 e. The number of Topliss-reactive ketones (excluding diaryl/α,β-unsaturated/α-hetero) is 2. The highest BCUT2D eigenvalue weighted by molar-refractivity contribution is 6.02. The minimum atomic E-state index is -0.398. The number of ether oxygens (including phenoxy) is 2. The Morgan fingerprint density at radius 1 is 1.14 bits per heavy atom. The summed E-state index contributed by atoms with van der Waals surface area (Å²) in [6.45, 7) is 2.81. The predicted molar refractivity (Wildman–Crippen MR) is 130 cm³/mol. The lowest BCUT2D eigenvalue weighted by molar-refractivity contribution is -0.147. The zero-order chi connectivity index (χ0) is 24.7. The number of benzene rings is 2. The number of aliphatic hydroxyl groups excluding tert-OH is 1. The smallest absolute Gasteiger partial charge is 0.323 e. The molecule has 0 amide bonds. The van der Waals surface area contributed by atoms with Gasteiger partial charge in [-0.05, 0) is 73.5 Å². The average Bonchev–Trinajstić information content (AvgIpc) is 3.23. The van der Waals surface area contributed by atoms with Crippen molar-refractivity contribution in [3.63, 3.8) is 0 Å². The molecule has 0 aromatic heterocycles. The summed E-state index contributed by atoms with van der Waals surface area (Å²) < 4.78 is 11.3. The van der Waals surface area contributed by atoms with Crippen LogP contribution in [0.5, 0.6) is 5.75 Å². The van der Waals surface area contributed by atoms with Crippen molar-refractivity contribution in [3.05, 3.63) is 52.6 Å². The summed E-state index contributed by atoms with van der Waals surface area (Å²) in [5.41, 5.74) is 5.12. The Morgan fingerprint density at radius 2 is 1.97 bits per heavy atom. The number of esters is 1. The van der Waals surface area contributed by atoms with E-state index in [2.05, 4.69) is 6.07 Å². The molecule has 2 heterocycles. The van der Waals surface area contributed by atoms with Crippen LogP contribution in [0.2, 0.25) is 0 Å². The third-order valence-corrected chi connectivity index (χ3v) is 7.66. The summed E-state index contributed by atoms with van der Waals surface area (Å²) in [6, 6.07) is 9.02. The van der Waals surface area contributed by atoms with Crippen molar-refractivity contribution >= 4 is 17.5 Å². The van der Waals surface area contributed by atoms with Gasteiger partial charge in [0.05, 0.1) is 0 Å². The molecule has 3 aliphatic rings. The van der Waals surface area contributed by atoms with Gasteiger partial charge in [-0.1, -0.05) is 19.1 Å². The van der Waals surface area contributed by atoms with Crippen LogP contribution in [-0.4, -0.2) is 60.4 Å². The molecule has 1 saturated heterocycles. The van der Waals surface area contributed by atoms with E-state index in [9.17, 15) is 14.4 Å². The van der Waals surface area contributed by atoms with Gasteiger partial charge < -0.3 is 14.6 Å². The molecule has 184 valence electrons. The second-order valence-electron chi connectivity index (χ2n) is 10.1. The fourth-order valence-corrected chi connectivity index (χ4v) is 5.55. The van der Waals surface area contributed by atoms with Crippen LogP contribution >= 0.6 is 0 Å². The van der Waals surface area contributed by atoms with Crippen molar-refractivity contribution in [2.45, 2.75) is 45.3 Å². The van der Waals surface area contributed by atoms with E-state index in [1.54, 1.807) is 12.1 Å². The molecule has 0 saturated carbocycles. The number of aryl methyl sites for hydroxylation is 1. The van der Waals surface area contributed by atoms with Crippen LogP contribution in [0.15, 0.2) is 30.3 Å². The summed E-state index contributed by atoms with van der Waals surface area (Å²) in [5.74, 6) is 0.511. The number of likely N-dealkylation sites (tertiary alicyclic amines) is 1. The first-order valence-electron chi connectivity index (χ1n) is 12.3. The highest BCUT2D eigenvalue weighted by Crippen LogP contribution is 2.41. The number of nitrogens with zero attached hydrogens (tertiary/aromatic N) is 1. The summed E-state index contributed by atoms with van der Waals surface area (Å²) in [4.78, 5) is 39.9. The van der Waals surface area contributed by atoms with E-state index in [-0.39, 0.29) is 42.7 Å². The molecule has 0 bridgehead atoms. The number of rotatable bonds is 6. The first kappa shape index (κ1) is 23.7. The molecule has 1 aliphatic carbocycles. The van der Waals surface area contributed by atoms with Crippen molar-refractivity contribution in [1.29, 1.82) is 0 Å². The third-order valence-electron chi connectivity index (χ3n) is 7.66. The van der Waals surface area contributed by atoms with Crippen molar-refractivity contribution in [2.75, 3.05) is 26.8 Å². The zero-order valence-electron chi connectivity index (χ0n) is 20.2. The number of carbonyl (C=O) groups excluding carboxylic acids is 3. The van der Waals surface area contributed by atoms with Crippen molar-refractivity contribution in [1.82, 2.24) is 4.90 Å². The predicted octanol–water partition coefficient (Wildman–Crippen LogP) is 3.44. The van der Waals surface area contributed by atoms with E-state index in [1.165, 1.54) is 0 Å². The van der Waals surface area contributed by atoms with Gasteiger partial charge in [-0.25, -0.2) is 0 Å². The number of hydrogen-bond donors (Lipinski definition) is 1. The largest absolute Gasteiger partial charge is 0.488 e. The van der Waals surface area contributed by atoms with E-state index in [1.807, 2.05) is 31.0 Å². The highest BCUT2D eigenvalue weighted by Gasteiger charge is 2.35. The fourth-order valence-electron chi connectivity index (χ4n) is 5.55. The normalized spacial score (nSPS) is 23.2. The maximum Gasteiger partial charge on any atom is 0.323 e. The summed E-state index contributed by atoms with van der Waals surface area (Å²) in [5, 5.41) is 9.15. The Kier molecular flexibility index (Phi) is 6.47. The van der Waals surface area contributed by atoms with Crippen LogP contribution < -0.4 is 4.74 Å². The topological polar surface area (TPSA) is 93.1 Å². The molecular formula is C28H31NO6. The van der Waals surface area contributed by atoms with Gasteiger partial charge >= 0.3 is 5.97 Å². The molecule has 7 heteroatoms. The van der Waals surface area contributed by atoms with Crippen molar-refractivity contribution in [3.8, 4) is 16.9 Å². The third kappa shape index (κ3) is 4.50. The number of hydrogen-bond acceptors (Lipinski definition) is 7. The van der Waals surface area contributed by atoms with Crippen LogP contribution in [0.3, 0.4) is 0 Å². The second-order valence-corrected chi connectivity index (χ2v) is 10.1. The van der Waals surface area contributed by atoms with E-state index < -0.39 is 5.97 Å². The van der Waals surface area contributed by atoms with Gasteiger partial charge in [0.1, 0.15) is 18.4 Å². The van der Waals surface area contributed by atoms with Gasteiger partial charge in [-0.15, -0.1) is 0 Å². The van der Waals surface area contributed by atoms with Crippen molar-refractivity contribution in [2.24, 2.45) is 11.8 Å². The fraction of sp³-hybridized carbons (Fsp3) is 0.464. The van der Waals surface area contributed by atoms with E-state index in [0.29, 0.717) is 30.8 Å². The summed E-state index contributed by atoms with van der Waals surface area (Å²) in [6.07, 6.45) is 3.01. The first-order chi connectivity index (χ1) is 16.9. The quantitative estimate of drug-likeness (QED) is 0.503. The zero-order valence-corrected chi connectivity index (χ0v) is 20.2. The second kappa shape index (κ2) is 9.55. The maximum absolute atomic E-state index is 12.8. The van der Waals surface area contributed by atoms with Gasteiger partial charge in [-0.3, -0.25) is 19.3 Å². The van der Waals surface area contributed by atoms with E-state index in [4.69, 9.17) is 14.6 Å². The van der Waals surface area contributed by atoms with Gasteiger partial charge in [0.25, 0.3) is 0 Å². The summed E-state index contributed by atoms with van der Waals surface area (Å²) >= 11 is 0. The van der Waals surface area contributed by atoms with Gasteiger partial charge in [-0.2, -0.15) is 0 Å². The molecular weight excluding hydrogens is 446 g/mol. The van der Waals surface area contributed by atoms with Crippen LogP contribution in [0.1, 0.15) is 58.0 Å². The number of carbonyl (C=O) groups is 3. The Morgan fingerprint density at radius 3 is 2.77 bits per heavy atom. The molecule has 1 N–H and O–H groups in total. The van der Waals surface area contributed by atoms with E-state index in [0.717, 1.165) is 47.2 Å². The van der Waals surface area contributed by atoms with Crippen LogP contribution in [0, 0.1) is 11.8 Å². The molecule has 3 atom stereocenters. The SMILES string of the molecule is CC1CCc2cc3c(cc2C1=O)OCc1cc(C(=O)COC(=O)C2C[C@H](CCO)CN2C)ccc1-3. The molecule has 0 radical (unpaired) electrons. The number of aliphatic hydroxyl groups is 1. The standard InChI is InChI=1S/C28H31NO6/c1-16-3-4-18-11-23-21-6-5-19(10-20(21)14-34-26(23)12-22(18)27(16)32)25(31)15-35-28(33)24-9-17(7-8-30)13-29(24)2/h5-6,10-12,16-17,24,30H,3-4,7-9,13-15H2,1-2H3/t16?,17-,24?/m0/s1. The van der Waals surface area contributed by atoms with Gasteiger partial charge in [0.15, 0.2) is 18.2 Å². The minimum absolute atomic E-state index is 0.0372. The van der Waals surface area contributed by atoms with Crippen LogP contribution in [-0.2, 0) is 22.6 Å². The van der Waals surface area contributed by atoms with E-state index >= 15 is 0 Å². The Hall–Kier alpha value is -3.03. The lowest BCUT2D eigenvalue weighted by atomic mass is 9.81. The number of fused-ring (bicyclic) bond motifs is 4. The lowest BCUT2D eigenvalue weighted by Gasteiger charge is -2.26. The molecule has 1 fully saturated rings. The number of ketones is 2. The molecule has 2 aromatic rings. The molecule has 2 aromatic carbocycles. The first-order valence-corrected chi connectivity index (χ1v) is 12.3. The Labute approximate surface area is 205 Å². The molecule has 5 rings (SSSR count). The monoisotopic (exact) mass is 477 g/mol. The molecule has 0 spiro atoms. The molecule has 2 unspecified atom stereocenters. The average molecular weight is 478 g/mol. The van der Waals surface area contributed by atoms with Gasteiger partial charge in [0, 0.05) is 35.8 Å². The number of likely N-dealkylation sites (N-methyl/N-ethyl adjacent to an activating group) is 1. The van der Waals surface area contributed by atoms with Crippen LogP contribution in [0.25, 0.3) is 11.1 Å². The molecule has 35 heavy (non-hydrogen) atoms. The molecule has 7 nitrogen and oxygen atoms in total. The van der Waals surface area contributed by atoms with Gasteiger partial charge in [0.2, 0.25) is 0 Å². The van der Waals surface area contributed by atoms with Crippen LogP contribution in [0.4, 0.5) is 0 Å². The lowest BCUT2D eigenvalue weighted by Crippen LogP contribution is -2.35. The Bertz CT molecular complexity index is 1190.